The summed E-state index contributed by atoms with van der Waals surface area (Å²) in [6, 6.07) is 12.2. The molecule has 0 aliphatic heterocycles. The SMILES string of the molecule is Cn1cc(NC(=O)c2cc(NC(=O)c3cc4ccccc4cn3)cn2C)cc1C(=O)O. The van der Waals surface area contributed by atoms with Crippen molar-refractivity contribution in [3.63, 3.8) is 0 Å². The molecule has 31 heavy (non-hydrogen) atoms. The number of rotatable bonds is 5. The number of hydrogen-bond acceptors (Lipinski definition) is 4. The number of amides is 2. The Bertz CT molecular complexity index is 1330. The topological polar surface area (TPSA) is 118 Å². The zero-order valence-electron chi connectivity index (χ0n) is 16.8. The van der Waals surface area contributed by atoms with E-state index in [1.807, 2.05) is 24.3 Å². The normalized spacial score (nSPS) is 10.8. The van der Waals surface area contributed by atoms with Crippen molar-refractivity contribution < 1.29 is 19.5 Å². The van der Waals surface area contributed by atoms with Gasteiger partial charge in [0.25, 0.3) is 11.8 Å². The highest BCUT2D eigenvalue weighted by molar-refractivity contribution is 6.07. The molecule has 3 aromatic heterocycles. The largest absolute Gasteiger partial charge is 0.477 e. The summed E-state index contributed by atoms with van der Waals surface area (Å²) >= 11 is 0. The number of benzene rings is 1. The molecular formula is C22H19N5O4. The Balaban J connectivity index is 1.50. The fraction of sp³-hybridized carbons (Fsp3) is 0.0909. The second kappa shape index (κ2) is 7.79. The molecule has 2 amide bonds. The summed E-state index contributed by atoms with van der Waals surface area (Å²) in [5.74, 6) is -1.92. The van der Waals surface area contributed by atoms with Gasteiger partial charge >= 0.3 is 5.97 Å². The van der Waals surface area contributed by atoms with E-state index in [2.05, 4.69) is 15.6 Å². The molecule has 0 unspecified atom stereocenters. The molecule has 0 saturated carbocycles. The van der Waals surface area contributed by atoms with Gasteiger partial charge in [-0.05, 0) is 23.6 Å². The summed E-state index contributed by atoms with van der Waals surface area (Å²) in [5, 5.41) is 16.4. The lowest BCUT2D eigenvalue weighted by molar-refractivity contribution is 0.0686. The van der Waals surface area contributed by atoms with Crippen LogP contribution in [0, 0.1) is 0 Å². The third-order valence-electron chi connectivity index (χ3n) is 4.84. The van der Waals surface area contributed by atoms with Crippen LogP contribution in [0.1, 0.15) is 31.5 Å². The number of hydrogen-bond donors (Lipinski definition) is 3. The van der Waals surface area contributed by atoms with Gasteiger partial charge in [0.2, 0.25) is 0 Å². The van der Waals surface area contributed by atoms with Crippen LogP contribution in [-0.2, 0) is 14.1 Å². The number of fused-ring (bicyclic) bond motifs is 1. The number of carboxylic acid groups (broad SMARTS) is 1. The number of aromatic nitrogens is 3. The summed E-state index contributed by atoms with van der Waals surface area (Å²) in [6.07, 6.45) is 4.76. The Morgan fingerprint density at radius 1 is 0.839 bits per heavy atom. The van der Waals surface area contributed by atoms with Crippen LogP contribution in [0.5, 0.6) is 0 Å². The molecule has 0 aliphatic carbocycles. The van der Waals surface area contributed by atoms with Gasteiger partial charge < -0.3 is 24.9 Å². The minimum absolute atomic E-state index is 0.0537. The van der Waals surface area contributed by atoms with E-state index in [-0.39, 0.29) is 11.4 Å². The second-order valence-electron chi connectivity index (χ2n) is 7.08. The number of nitrogens with zero attached hydrogens (tertiary/aromatic N) is 3. The van der Waals surface area contributed by atoms with Crippen molar-refractivity contribution >= 4 is 39.9 Å². The summed E-state index contributed by atoms with van der Waals surface area (Å²) < 4.78 is 2.98. The van der Waals surface area contributed by atoms with Crippen LogP contribution >= 0.6 is 0 Å². The number of carboxylic acids is 1. The summed E-state index contributed by atoms with van der Waals surface area (Å²) in [5.41, 5.74) is 1.41. The molecule has 0 spiro atoms. The van der Waals surface area contributed by atoms with E-state index in [9.17, 15) is 14.4 Å². The number of pyridine rings is 1. The molecule has 3 N–H and O–H groups in total. The van der Waals surface area contributed by atoms with Gasteiger partial charge in [0.15, 0.2) is 0 Å². The molecule has 0 atom stereocenters. The number of nitrogens with one attached hydrogen (secondary N) is 2. The molecule has 3 heterocycles. The Kier molecular flexibility index (Phi) is 5.00. The molecule has 0 aliphatic rings. The first-order chi connectivity index (χ1) is 14.8. The van der Waals surface area contributed by atoms with Crippen LogP contribution in [-0.4, -0.2) is 37.0 Å². The van der Waals surface area contributed by atoms with E-state index in [1.54, 1.807) is 37.1 Å². The maximum absolute atomic E-state index is 12.6. The fourth-order valence-electron chi connectivity index (χ4n) is 3.30. The van der Waals surface area contributed by atoms with Crippen molar-refractivity contribution in [1.29, 1.82) is 0 Å². The van der Waals surface area contributed by atoms with Gasteiger partial charge in [-0.25, -0.2) is 4.79 Å². The maximum atomic E-state index is 12.6. The molecule has 9 heteroatoms. The first kappa shape index (κ1) is 19.9. The van der Waals surface area contributed by atoms with E-state index < -0.39 is 17.8 Å². The fourth-order valence-corrected chi connectivity index (χ4v) is 3.30. The van der Waals surface area contributed by atoms with Gasteiger partial charge in [-0.15, -0.1) is 0 Å². The second-order valence-corrected chi connectivity index (χ2v) is 7.08. The zero-order valence-corrected chi connectivity index (χ0v) is 16.8. The monoisotopic (exact) mass is 417 g/mol. The van der Waals surface area contributed by atoms with Crippen LogP contribution in [0.2, 0.25) is 0 Å². The molecule has 0 bridgehead atoms. The van der Waals surface area contributed by atoms with Gasteiger partial charge in [-0.1, -0.05) is 24.3 Å². The minimum Gasteiger partial charge on any atom is -0.477 e. The first-order valence-corrected chi connectivity index (χ1v) is 9.35. The molecule has 0 fully saturated rings. The third-order valence-corrected chi connectivity index (χ3v) is 4.84. The maximum Gasteiger partial charge on any atom is 0.352 e. The zero-order chi connectivity index (χ0) is 22.1. The van der Waals surface area contributed by atoms with Crippen LogP contribution in [0.3, 0.4) is 0 Å². The number of aromatic carboxylic acids is 1. The van der Waals surface area contributed by atoms with Gasteiger partial charge in [0, 0.05) is 38.1 Å². The molecule has 0 saturated heterocycles. The van der Waals surface area contributed by atoms with Gasteiger partial charge in [-0.2, -0.15) is 0 Å². The Morgan fingerprint density at radius 3 is 2.06 bits per heavy atom. The van der Waals surface area contributed by atoms with Crippen molar-refractivity contribution in [1.82, 2.24) is 14.1 Å². The van der Waals surface area contributed by atoms with Crippen LogP contribution in [0.4, 0.5) is 11.4 Å². The molecule has 4 rings (SSSR count). The lowest BCUT2D eigenvalue weighted by atomic mass is 10.1. The van der Waals surface area contributed by atoms with Crippen LogP contribution < -0.4 is 10.6 Å². The smallest absolute Gasteiger partial charge is 0.352 e. The molecule has 1 aromatic carbocycles. The van der Waals surface area contributed by atoms with E-state index in [0.717, 1.165) is 10.8 Å². The number of carbonyl (C=O) groups is 3. The number of aryl methyl sites for hydroxylation is 2. The summed E-state index contributed by atoms with van der Waals surface area (Å²) in [6.45, 7) is 0. The predicted molar refractivity (Wildman–Crippen MR) is 115 cm³/mol. The van der Waals surface area contributed by atoms with E-state index in [1.165, 1.54) is 22.9 Å². The lowest BCUT2D eigenvalue weighted by Crippen LogP contribution is -2.15. The van der Waals surface area contributed by atoms with Crippen molar-refractivity contribution in [2.24, 2.45) is 14.1 Å². The Morgan fingerprint density at radius 2 is 1.42 bits per heavy atom. The summed E-state index contributed by atoms with van der Waals surface area (Å²) in [7, 11) is 3.25. The average Bonchev–Trinajstić information content (AvgIpc) is 3.29. The Hall–Kier alpha value is -4.40. The van der Waals surface area contributed by atoms with Crippen LogP contribution in [0.15, 0.2) is 61.1 Å². The number of carbonyl (C=O) groups excluding carboxylic acids is 2. The summed E-state index contributed by atoms with van der Waals surface area (Å²) in [4.78, 5) is 40.6. The predicted octanol–water partition coefficient (Wildman–Crippen LogP) is 3.11. The van der Waals surface area contributed by atoms with Crippen molar-refractivity contribution in [3.8, 4) is 0 Å². The average molecular weight is 417 g/mol. The molecular weight excluding hydrogens is 398 g/mol. The van der Waals surface area contributed by atoms with Crippen LogP contribution in [0.25, 0.3) is 10.8 Å². The Labute approximate surface area is 176 Å². The molecule has 4 aromatic rings. The highest BCUT2D eigenvalue weighted by atomic mass is 16.4. The highest BCUT2D eigenvalue weighted by Crippen LogP contribution is 2.19. The molecule has 9 nitrogen and oxygen atoms in total. The van der Waals surface area contributed by atoms with Crippen molar-refractivity contribution in [3.05, 3.63) is 78.1 Å². The van der Waals surface area contributed by atoms with E-state index in [0.29, 0.717) is 17.1 Å². The lowest BCUT2D eigenvalue weighted by Gasteiger charge is -2.03. The van der Waals surface area contributed by atoms with Crippen molar-refractivity contribution in [2.45, 2.75) is 0 Å². The van der Waals surface area contributed by atoms with E-state index >= 15 is 0 Å². The van der Waals surface area contributed by atoms with Gasteiger partial charge in [-0.3, -0.25) is 14.6 Å². The third kappa shape index (κ3) is 4.01. The highest BCUT2D eigenvalue weighted by Gasteiger charge is 2.17. The molecule has 156 valence electrons. The van der Waals surface area contributed by atoms with Gasteiger partial charge in [0.05, 0.1) is 11.4 Å². The minimum atomic E-state index is -1.09. The quantitative estimate of drug-likeness (QED) is 0.461. The number of anilines is 2. The first-order valence-electron chi connectivity index (χ1n) is 9.35. The standard InChI is InChI=1S/C22H19N5O4/c1-26-11-15(24-20(28)17-7-13-5-3-4-6-14(13)10-23-17)8-18(26)21(29)25-16-9-19(22(30)31)27(2)12-16/h3-12H,1-2H3,(H,24,28)(H,25,29)(H,30,31). The van der Waals surface area contributed by atoms with Crippen molar-refractivity contribution in [2.75, 3.05) is 10.6 Å². The van der Waals surface area contributed by atoms with Gasteiger partial charge in [0.1, 0.15) is 17.1 Å². The molecule has 0 radical (unpaired) electrons. The van der Waals surface area contributed by atoms with E-state index in [4.69, 9.17) is 5.11 Å².